The van der Waals surface area contributed by atoms with Gasteiger partial charge in [-0.15, -0.1) is 0 Å². The number of anilines is 1. The van der Waals surface area contributed by atoms with E-state index in [-0.39, 0.29) is 0 Å². The molecule has 0 bridgehead atoms. The molecule has 26 heavy (non-hydrogen) atoms. The van der Waals surface area contributed by atoms with Crippen LogP contribution in [0.2, 0.25) is 0 Å². The van der Waals surface area contributed by atoms with Crippen LogP contribution in [0.3, 0.4) is 0 Å². The average Bonchev–Trinajstić information content (AvgIpc) is 2.68. The number of β-amino-alcohol motifs (C(OH)–C–C–N with tert-alkyl or cyclic N) is 1. The summed E-state index contributed by atoms with van der Waals surface area (Å²) in [4.78, 5) is 4.33. The van der Waals surface area contributed by atoms with E-state index in [1.54, 1.807) is 0 Å². The molecule has 0 radical (unpaired) electrons. The largest absolute Gasteiger partial charge is 0.491 e. The second kappa shape index (κ2) is 10.2. The summed E-state index contributed by atoms with van der Waals surface area (Å²) in [5.41, 5.74) is 3.89. The van der Waals surface area contributed by atoms with Gasteiger partial charge in [-0.25, -0.2) is 0 Å². The molecular weight excluding hydrogens is 324 g/mol. The third kappa shape index (κ3) is 5.75. The van der Waals surface area contributed by atoms with E-state index < -0.39 is 6.10 Å². The Morgan fingerprint density at radius 3 is 2.54 bits per heavy atom. The van der Waals surface area contributed by atoms with Gasteiger partial charge in [0.1, 0.15) is 18.5 Å². The molecule has 0 saturated heterocycles. The standard InChI is InChI=1S/C20H26N2O2.C2H6/c1-21(2)18-8-5-9-20(12-18)24-15-19(23)14-22-11-10-16-6-3-4-7-17(16)13-22;1-2/h3-9,12,19,23H,10-11,13-15H2,1-2H3;1-2H3. The first-order chi connectivity index (χ1) is 12.6. The van der Waals surface area contributed by atoms with Crippen molar-refractivity contribution in [3.05, 3.63) is 59.7 Å². The van der Waals surface area contributed by atoms with Crippen LogP contribution in [-0.4, -0.2) is 49.9 Å². The minimum absolute atomic E-state index is 0.315. The molecule has 0 amide bonds. The summed E-state index contributed by atoms with van der Waals surface area (Å²) in [7, 11) is 4.00. The molecule has 4 nitrogen and oxygen atoms in total. The first-order valence-electron chi connectivity index (χ1n) is 9.49. The van der Waals surface area contributed by atoms with Crippen LogP contribution in [0.5, 0.6) is 5.75 Å². The topological polar surface area (TPSA) is 35.9 Å². The number of nitrogens with zero attached hydrogens (tertiary/aromatic N) is 2. The van der Waals surface area contributed by atoms with E-state index in [0.29, 0.717) is 13.2 Å². The maximum atomic E-state index is 10.3. The SMILES string of the molecule is CC.CN(C)c1cccc(OCC(O)CN2CCc3ccccc3C2)c1. The van der Waals surface area contributed by atoms with Gasteiger partial charge in [0.05, 0.1) is 0 Å². The molecule has 1 N–H and O–H groups in total. The number of aliphatic hydroxyl groups excluding tert-OH is 1. The molecule has 0 aromatic heterocycles. The molecule has 142 valence electrons. The highest BCUT2D eigenvalue weighted by Crippen LogP contribution is 2.20. The van der Waals surface area contributed by atoms with Crippen molar-refractivity contribution in [2.45, 2.75) is 32.9 Å². The van der Waals surface area contributed by atoms with Gasteiger partial charge in [0.2, 0.25) is 0 Å². The highest BCUT2D eigenvalue weighted by molar-refractivity contribution is 5.49. The fourth-order valence-electron chi connectivity index (χ4n) is 3.10. The van der Waals surface area contributed by atoms with E-state index >= 15 is 0 Å². The zero-order valence-corrected chi connectivity index (χ0v) is 16.5. The Morgan fingerprint density at radius 2 is 1.81 bits per heavy atom. The monoisotopic (exact) mass is 356 g/mol. The van der Waals surface area contributed by atoms with Crippen molar-refractivity contribution >= 4 is 5.69 Å². The van der Waals surface area contributed by atoms with Crippen molar-refractivity contribution in [1.29, 1.82) is 0 Å². The molecule has 1 heterocycles. The fourth-order valence-corrected chi connectivity index (χ4v) is 3.10. The third-order valence-corrected chi connectivity index (χ3v) is 4.46. The Morgan fingerprint density at radius 1 is 1.08 bits per heavy atom. The van der Waals surface area contributed by atoms with Crippen molar-refractivity contribution in [2.24, 2.45) is 0 Å². The molecule has 2 aromatic rings. The fraction of sp³-hybridized carbons (Fsp3) is 0.455. The zero-order chi connectivity index (χ0) is 18.9. The van der Waals surface area contributed by atoms with E-state index in [2.05, 4.69) is 29.2 Å². The van der Waals surface area contributed by atoms with Gasteiger partial charge in [-0.1, -0.05) is 44.2 Å². The van der Waals surface area contributed by atoms with Crippen molar-refractivity contribution in [1.82, 2.24) is 4.90 Å². The molecule has 1 unspecified atom stereocenters. The van der Waals surface area contributed by atoms with Gasteiger partial charge in [0, 0.05) is 45.5 Å². The van der Waals surface area contributed by atoms with Crippen molar-refractivity contribution in [2.75, 3.05) is 38.7 Å². The normalized spacial score (nSPS) is 14.7. The number of hydrogen-bond acceptors (Lipinski definition) is 4. The number of fused-ring (bicyclic) bond motifs is 1. The minimum atomic E-state index is -0.488. The van der Waals surface area contributed by atoms with Gasteiger partial charge < -0.3 is 14.7 Å². The summed E-state index contributed by atoms with van der Waals surface area (Å²) >= 11 is 0. The predicted molar refractivity (Wildman–Crippen MR) is 109 cm³/mol. The van der Waals surface area contributed by atoms with E-state index in [4.69, 9.17) is 4.74 Å². The molecule has 4 heteroatoms. The molecular formula is C22H32N2O2. The van der Waals surface area contributed by atoms with E-state index in [9.17, 15) is 5.11 Å². The quantitative estimate of drug-likeness (QED) is 0.858. The number of benzene rings is 2. The van der Waals surface area contributed by atoms with Crippen molar-refractivity contribution in [3.63, 3.8) is 0 Å². The van der Waals surface area contributed by atoms with Gasteiger partial charge in [0.25, 0.3) is 0 Å². The Kier molecular flexibility index (Phi) is 7.95. The second-order valence-electron chi connectivity index (χ2n) is 6.61. The van der Waals surface area contributed by atoms with Gasteiger partial charge >= 0.3 is 0 Å². The average molecular weight is 357 g/mol. The maximum Gasteiger partial charge on any atom is 0.121 e. The second-order valence-corrected chi connectivity index (χ2v) is 6.61. The third-order valence-electron chi connectivity index (χ3n) is 4.46. The van der Waals surface area contributed by atoms with Crippen LogP contribution in [0.15, 0.2) is 48.5 Å². The van der Waals surface area contributed by atoms with Gasteiger partial charge in [-0.2, -0.15) is 0 Å². The van der Waals surface area contributed by atoms with E-state index in [0.717, 1.165) is 30.9 Å². The molecule has 0 saturated carbocycles. The van der Waals surface area contributed by atoms with E-state index in [1.807, 2.05) is 57.1 Å². The van der Waals surface area contributed by atoms with Crippen LogP contribution in [-0.2, 0) is 13.0 Å². The predicted octanol–water partition coefficient (Wildman–Crippen LogP) is 3.58. The molecule has 1 aliphatic rings. The summed E-state index contributed by atoms with van der Waals surface area (Å²) in [6.07, 6.45) is 0.563. The Labute approximate surface area is 158 Å². The summed E-state index contributed by atoms with van der Waals surface area (Å²) < 4.78 is 5.77. The highest BCUT2D eigenvalue weighted by atomic mass is 16.5. The maximum absolute atomic E-state index is 10.3. The summed E-state index contributed by atoms with van der Waals surface area (Å²) in [5, 5.41) is 10.3. The summed E-state index contributed by atoms with van der Waals surface area (Å²) in [5.74, 6) is 0.796. The van der Waals surface area contributed by atoms with Crippen LogP contribution in [0.25, 0.3) is 0 Å². The van der Waals surface area contributed by atoms with Gasteiger partial charge in [0.15, 0.2) is 0 Å². The minimum Gasteiger partial charge on any atom is -0.491 e. The smallest absolute Gasteiger partial charge is 0.121 e. The number of hydrogen-bond donors (Lipinski definition) is 1. The summed E-state index contributed by atoms with van der Waals surface area (Å²) in [6.45, 7) is 6.85. The highest BCUT2D eigenvalue weighted by Gasteiger charge is 2.18. The Balaban J connectivity index is 0.00000117. The van der Waals surface area contributed by atoms with Crippen molar-refractivity contribution in [3.8, 4) is 5.75 Å². The van der Waals surface area contributed by atoms with Crippen LogP contribution < -0.4 is 9.64 Å². The molecule has 0 fully saturated rings. The molecule has 1 atom stereocenters. The molecule has 0 spiro atoms. The Bertz CT molecular complexity index is 673. The lowest BCUT2D eigenvalue weighted by Gasteiger charge is -2.30. The molecule has 0 aliphatic carbocycles. The molecule has 2 aromatic carbocycles. The van der Waals surface area contributed by atoms with Crippen LogP contribution in [0, 0.1) is 0 Å². The zero-order valence-electron chi connectivity index (χ0n) is 16.5. The Hall–Kier alpha value is -2.04. The van der Waals surface area contributed by atoms with Crippen LogP contribution >= 0.6 is 0 Å². The van der Waals surface area contributed by atoms with Crippen LogP contribution in [0.4, 0.5) is 5.69 Å². The lowest BCUT2D eigenvalue weighted by molar-refractivity contribution is 0.0638. The van der Waals surface area contributed by atoms with Crippen LogP contribution in [0.1, 0.15) is 25.0 Å². The van der Waals surface area contributed by atoms with Crippen molar-refractivity contribution < 1.29 is 9.84 Å². The van der Waals surface area contributed by atoms with E-state index in [1.165, 1.54) is 11.1 Å². The summed E-state index contributed by atoms with van der Waals surface area (Å²) in [6, 6.07) is 16.5. The van der Waals surface area contributed by atoms with Gasteiger partial charge in [-0.05, 0) is 29.7 Å². The first kappa shape index (κ1) is 20.3. The number of rotatable bonds is 6. The van der Waals surface area contributed by atoms with Gasteiger partial charge in [-0.3, -0.25) is 4.90 Å². The first-order valence-corrected chi connectivity index (χ1v) is 9.49. The number of aliphatic hydroxyl groups is 1. The molecule has 3 rings (SSSR count). The molecule has 1 aliphatic heterocycles. The lowest BCUT2D eigenvalue weighted by atomic mass is 10.00. The lowest BCUT2D eigenvalue weighted by Crippen LogP contribution is -2.38. The number of ether oxygens (including phenoxy) is 1.